The van der Waals surface area contributed by atoms with Crippen molar-refractivity contribution >= 4 is 17.5 Å². The fraction of sp³-hybridized carbons (Fsp3) is 0.938. The average Bonchev–Trinajstić information content (AvgIpc) is 2.40. The Bertz CT molecular complexity index is 475. The molecule has 0 aromatic carbocycles. The molecule has 25 heavy (non-hydrogen) atoms. The van der Waals surface area contributed by atoms with E-state index >= 15 is 0 Å². The molecule has 1 fully saturated rings. The van der Waals surface area contributed by atoms with E-state index in [9.17, 15) is 27.6 Å². The molecule has 1 aliphatic rings. The van der Waals surface area contributed by atoms with Gasteiger partial charge in [-0.25, -0.2) is 4.79 Å². The summed E-state index contributed by atoms with van der Waals surface area (Å²) in [5.74, 6) is -0.828. The number of halogens is 3. The Hall–Kier alpha value is -0.670. The highest BCUT2D eigenvalue weighted by molar-refractivity contribution is 7.90. The largest absolute Gasteiger partial charge is 0.598 e. The minimum Gasteiger partial charge on any atom is -0.598 e. The highest BCUT2D eigenvalue weighted by atomic mass is 32.2. The maximum Gasteiger partial charge on any atom is 0.408 e. The molecule has 1 saturated heterocycles. The van der Waals surface area contributed by atoms with Crippen molar-refractivity contribution in [3.63, 3.8) is 0 Å². The monoisotopic (exact) mass is 386 g/mol. The van der Waals surface area contributed by atoms with E-state index in [1.807, 2.05) is 20.8 Å². The number of carboxylic acid groups (broad SMARTS) is 1. The van der Waals surface area contributed by atoms with Gasteiger partial charge >= 0.3 is 12.3 Å². The highest BCUT2D eigenvalue weighted by Crippen LogP contribution is 2.40. The van der Waals surface area contributed by atoms with Gasteiger partial charge in [0.2, 0.25) is 0 Å². The molecule has 0 bridgehead atoms. The van der Waals surface area contributed by atoms with Crippen LogP contribution in [0.4, 0.5) is 18.0 Å². The number of hydrogen-bond donors (Lipinski definition) is 2. The summed E-state index contributed by atoms with van der Waals surface area (Å²) in [6, 6.07) is -2.45. The van der Waals surface area contributed by atoms with Gasteiger partial charge in [0.1, 0.15) is 4.75 Å². The van der Waals surface area contributed by atoms with Crippen LogP contribution >= 0.6 is 0 Å². The molecule has 148 valence electrons. The molecule has 0 aromatic heterocycles. The summed E-state index contributed by atoms with van der Waals surface area (Å²) in [5.41, 5.74) is -0.490. The Labute approximate surface area is 150 Å². The Morgan fingerprint density at radius 3 is 2.12 bits per heavy atom. The van der Waals surface area contributed by atoms with Crippen molar-refractivity contribution in [1.29, 1.82) is 0 Å². The van der Waals surface area contributed by atoms with Gasteiger partial charge in [0.05, 0.1) is 0 Å². The van der Waals surface area contributed by atoms with Crippen LogP contribution in [0.25, 0.3) is 0 Å². The zero-order chi connectivity index (χ0) is 19.8. The minimum absolute atomic E-state index is 0.0400. The Morgan fingerprint density at radius 2 is 1.76 bits per heavy atom. The molecule has 9 heteroatoms. The molecule has 0 aromatic rings. The lowest BCUT2D eigenvalue weighted by Crippen LogP contribution is -2.59. The van der Waals surface area contributed by atoms with Crippen LogP contribution in [0.1, 0.15) is 54.4 Å². The molecule has 1 amide bonds. The number of hydrogen-bond acceptors (Lipinski definition) is 3. The Morgan fingerprint density at radius 1 is 1.24 bits per heavy atom. The summed E-state index contributed by atoms with van der Waals surface area (Å²) in [7, 11) is 0. The second-order valence-corrected chi connectivity index (χ2v) is 10.7. The van der Waals surface area contributed by atoms with Crippen LogP contribution in [0.3, 0.4) is 0 Å². The quantitative estimate of drug-likeness (QED) is 0.724. The number of alkyl halides is 3. The number of nitrogens with one attached hydrogen (secondary N) is 1. The third-order valence-corrected chi connectivity index (χ3v) is 6.08. The van der Waals surface area contributed by atoms with Crippen molar-refractivity contribution in [1.82, 2.24) is 9.62 Å². The average molecular weight is 386 g/mol. The van der Waals surface area contributed by atoms with Gasteiger partial charge < -0.3 is 14.6 Å². The van der Waals surface area contributed by atoms with Crippen molar-refractivity contribution in [2.45, 2.75) is 77.4 Å². The van der Waals surface area contributed by atoms with Crippen LogP contribution in [0.2, 0.25) is 0 Å². The molecule has 1 heterocycles. The topological polar surface area (TPSA) is 75.6 Å². The van der Waals surface area contributed by atoms with Gasteiger partial charge in [0.25, 0.3) is 0 Å². The molecule has 0 spiro atoms. The van der Waals surface area contributed by atoms with Gasteiger partial charge in [-0.05, 0) is 44.9 Å². The first kappa shape index (κ1) is 22.4. The lowest BCUT2D eigenvalue weighted by Gasteiger charge is -2.46. The Kier molecular flexibility index (Phi) is 6.73. The van der Waals surface area contributed by atoms with Crippen LogP contribution in [0.15, 0.2) is 0 Å². The van der Waals surface area contributed by atoms with E-state index in [2.05, 4.69) is 4.72 Å². The lowest BCUT2D eigenvalue weighted by molar-refractivity contribution is -0.169. The van der Waals surface area contributed by atoms with Gasteiger partial charge in [-0.2, -0.15) is 13.2 Å². The first-order valence-electron chi connectivity index (χ1n) is 8.29. The summed E-state index contributed by atoms with van der Waals surface area (Å²) in [6.45, 7) is 10.3. The molecule has 1 aliphatic heterocycles. The van der Waals surface area contributed by atoms with Crippen molar-refractivity contribution in [3.8, 4) is 0 Å². The summed E-state index contributed by atoms with van der Waals surface area (Å²) in [6.07, 6.45) is -5.52. The summed E-state index contributed by atoms with van der Waals surface area (Å²) >= 11 is -1.87. The SMILES string of the molecule is CC(C)(C)C1CC([C@@H](N[S@@+]([O-])C(C)(C)C)C(F)(F)F)CCN1C(=O)O. The van der Waals surface area contributed by atoms with Crippen LogP contribution < -0.4 is 4.72 Å². The van der Waals surface area contributed by atoms with E-state index in [4.69, 9.17) is 0 Å². The van der Waals surface area contributed by atoms with Crippen molar-refractivity contribution in [2.24, 2.45) is 11.3 Å². The molecule has 1 rings (SSSR count). The normalized spacial score (nSPS) is 25.6. The molecule has 0 radical (unpaired) electrons. The summed E-state index contributed by atoms with van der Waals surface area (Å²) in [4.78, 5) is 12.7. The smallest absolute Gasteiger partial charge is 0.408 e. The van der Waals surface area contributed by atoms with Gasteiger partial charge in [-0.1, -0.05) is 20.8 Å². The maximum absolute atomic E-state index is 13.6. The number of amides is 1. The van der Waals surface area contributed by atoms with Gasteiger partial charge in [0, 0.05) is 23.9 Å². The first-order chi connectivity index (χ1) is 11.0. The van der Waals surface area contributed by atoms with E-state index in [1.165, 1.54) is 4.90 Å². The maximum atomic E-state index is 13.6. The van der Waals surface area contributed by atoms with Crippen molar-refractivity contribution in [2.75, 3.05) is 6.54 Å². The zero-order valence-electron chi connectivity index (χ0n) is 15.6. The molecular formula is C16H29F3N2O3S. The van der Waals surface area contributed by atoms with Crippen LogP contribution in [0, 0.1) is 11.3 Å². The van der Waals surface area contributed by atoms with Gasteiger partial charge in [-0.15, -0.1) is 4.72 Å². The molecule has 0 aliphatic carbocycles. The van der Waals surface area contributed by atoms with Crippen LogP contribution in [-0.2, 0) is 11.4 Å². The third kappa shape index (κ3) is 5.92. The van der Waals surface area contributed by atoms with Crippen molar-refractivity contribution < 1.29 is 27.6 Å². The van der Waals surface area contributed by atoms with E-state index in [1.54, 1.807) is 20.8 Å². The summed E-state index contributed by atoms with van der Waals surface area (Å²) < 4.78 is 54.5. The number of carbonyl (C=O) groups is 1. The van der Waals surface area contributed by atoms with Crippen LogP contribution in [-0.4, -0.2) is 50.2 Å². The number of nitrogens with zero attached hydrogens (tertiary/aromatic N) is 1. The number of rotatable bonds is 3. The molecule has 5 nitrogen and oxygen atoms in total. The molecule has 0 saturated carbocycles. The number of likely N-dealkylation sites (tertiary alicyclic amines) is 1. The van der Waals surface area contributed by atoms with E-state index in [-0.39, 0.29) is 19.4 Å². The van der Waals surface area contributed by atoms with E-state index in [0.29, 0.717) is 0 Å². The minimum atomic E-state index is -4.56. The second-order valence-electron chi connectivity index (χ2n) is 8.66. The summed E-state index contributed by atoms with van der Waals surface area (Å²) in [5, 5.41) is 9.35. The van der Waals surface area contributed by atoms with Gasteiger partial charge in [0.15, 0.2) is 6.04 Å². The standard InChI is InChI=1S/C16H29F3N2O3S/c1-14(2,3)11-9-10(7-8-21(11)13(22)23)12(16(17,18)19)20-25(24)15(4,5)6/h10-12,20H,7-9H2,1-6H3,(H,22,23)/t10?,11?,12-,25+/m1/s1. The Balaban J connectivity index is 3.06. The zero-order valence-corrected chi connectivity index (χ0v) is 16.4. The fourth-order valence-electron chi connectivity index (χ4n) is 3.07. The van der Waals surface area contributed by atoms with Crippen LogP contribution in [0.5, 0.6) is 0 Å². The lowest BCUT2D eigenvalue weighted by atomic mass is 9.75. The van der Waals surface area contributed by atoms with E-state index < -0.39 is 51.8 Å². The first-order valence-corrected chi connectivity index (χ1v) is 9.44. The molecule has 4 atom stereocenters. The predicted octanol–water partition coefficient (Wildman–Crippen LogP) is 3.77. The highest BCUT2D eigenvalue weighted by Gasteiger charge is 2.52. The fourth-order valence-corrected chi connectivity index (χ4v) is 3.98. The van der Waals surface area contributed by atoms with E-state index in [0.717, 1.165) is 0 Å². The van der Waals surface area contributed by atoms with Gasteiger partial charge in [-0.3, -0.25) is 0 Å². The van der Waals surface area contributed by atoms with Crippen molar-refractivity contribution in [3.05, 3.63) is 0 Å². The molecular weight excluding hydrogens is 357 g/mol. The second kappa shape index (κ2) is 7.52. The molecule has 2 unspecified atom stereocenters. The predicted molar refractivity (Wildman–Crippen MR) is 91.6 cm³/mol. The number of piperidine rings is 1. The molecule has 2 N–H and O–H groups in total. The third-order valence-electron chi connectivity index (χ3n) is 4.50.